The molecule has 0 fully saturated rings. The van der Waals surface area contributed by atoms with Gasteiger partial charge < -0.3 is 0 Å². The van der Waals surface area contributed by atoms with Gasteiger partial charge in [0, 0.05) is 12.4 Å². The normalized spacial score (nSPS) is 11.6. The van der Waals surface area contributed by atoms with Gasteiger partial charge in [-0.25, -0.2) is 0 Å². The van der Waals surface area contributed by atoms with E-state index in [2.05, 4.69) is 11.1 Å². The summed E-state index contributed by atoms with van der Waals surface area (Å²) in [7, 11) is 0. The molecule has 0 aliphatic heterocycles. The van der Waals surface area contributed by atoms with Crippen molar-refractivity contribution in [2.45, 2.75) is 6.92 Å². The van der Waals surface area contributed by atoms with Crippen molar-refractivity contribution in [2.75, 3.05) is 0 Å². The second-order valence-electron chi connectivity index (χ2n) is 3.85. The second kappa shape index (κ2) is 5.48. The third-order valence-corrected chi connectivity index (χ3v) is 3.07. The van der Waals surface area contributed by atoms with Crippen molar-refractivity contribution in [2.24, 2.45) is 0 Å². The third kappa shape index (κ3) is 2.42. The number of nitriles is 1. The number of rotatable bonds is 2. The van der Waals surface area contributed by atoms with Crippen LogP contribution in [0.15, 0.2) is 48.8 Å². The van der Waals surface area contributed by atoms with E-state index >= 15 is 0 Å². The van der Waals surface area contributed by atoms with Crippen molar-refractivity contribution >= 4 is 22.2 Å². The minimum absolute atomic E-state index is 0.466. The molecular weight excluding hydrogens is 244 g/mol. The van der Waals surface area contributed by atoms with Crippen LogP contribution in [-0.2, 0) is 0 Å². The van der Waals surface area contributed by atoms with Gasteiger partial charge in [-0.15, -0.1) is 0 Å². The number of halogens is 1. The van der Waals surface area contributed by atoms with Crippen molar-refractivity contribution in [3.63, 3.8) is 0 Å². The first kappa shape index (κ1) is 12.3. The second-order valence-corrected chi connectivity index (χ2v) is 4.23. The summed E-state index contributed by atoms with van der Waals surface area (Å²) in [6, 6.07) is 13.5. The summed E-state index contributed by atoms with van der Waals surface area (Å²) in [5.74, 6) is 0. The lowest BCUT2D eigenvalue weighted by Gasteiger charge is -2.07. The molecule has 0 spiro atoms. The average molecular weight is 255 g/mol. The molecule has 2 rings (SSSR count). The first-order valence-electron chi connectivity index (χ1n) is 5.50. The number of benzene rings is 1. The lowest BCUT2D eigenvalue weighted by atomic mass is 10.0. The van der Waals surface area contributed by atoms with Gasteiger partial charge in [0.1, 0.15) is 6.07 Å². The molecule has 2 nitrogen and oxygen atoms in total. The van der Waals surface area contributed by atoms with Crippen LogP contribution in [-0.4, -0.2) is 4.98 Å². The van der Waals surface area contributed by atoms with Gasteiger partial charge in [-0.2, -0.15) is 5.26 Å². The Balaban J connectivity index is 2.59. The van der Waals surface area contributed by atoms with Crippen LogP contribution in [0.2, 0.25) is 0 Å². The molecule has 0 atom stereocenters. The van der Waals surface area contributed by atoms with E-state index in [1.807, 2.05) is 31.2 Å². The summed E-state index contributed by atoms with van der Waals surface area (Å²) >= 11 is 6.35. The van der Waals surface area contributed by atoms with E-state index in [0.717, 1.165) is 16.7 Å². The fourth-order valence-corrected chi connectivity index (χ4v) is 2.08. The van der Waals surface area contributed by atoms with Crippen molar-refractivity contribution in [3.05, 3.63) is 65.5 Å². The van der Waals surface area contributed by atoms with Crippen molar-refractivity contribution in [1.82, 2.24) is 4.98 Å². The number of aromatic nitrogens is 1. The van der Waals surface area contributed by atoms with Gasteiger partial charge in [0.15, 0.2) is 0 Å². The van der Waals surface area contributed by atoms with Gasteiger partial charge in [0.2, 0.25) is 0 Å². The molecule has 88 valence electrons. The largest absolute Gasteiger partial charge is 0.265 e. The number of allylic oxidation sites excluding steroid dienone is 1. The molecule has 0 unspecified atom stereocenters. The number of pyridine rings is 1. The monoisotopic (exact) mass is 254 g/mol. The van der Waals surface area contributed by atoms with Crippen LogP contribution in [0.25, 0.3) is 10.6 Å². The molecule has 0 amide bonds. The highest BCUT2D eigenvalue weighted by molar-refractivity contribution is 6.53. The Morgan fingerprint density at radius 2 is 1.83 bits per heavy atom. The topological polar surface area (TPSA) is 36.7 Å². The van der Waals surface area contributed by atoms with Crippen LogP contribution < -0.4 is 0 Å². The van der Waals surface area contributed by atoms with E-state index in [0.29, 0.717) is 10.6 Å². The van der Waals surface area contributed by atoms with Gasteiger partial charge in [-0.05, 0) is 35.7 Å². The zero-order valence-corrected chi connectivity index (χ0v) is 10.6. The predicted molar refractivity (Wildman–Crippen MR) is 73.7 cm³/mol. The molecule has 1 heterocycles. The summed E-state index contributed by atoms with van der Waals surface area (Å²) in [5.41, 5.74) is 3.17. The van der Waals surface area contributed by atoms with E-state index in [1.165, 1.54) is 0 Å². The van der Waals surface area contributed by atoms with E-state index in [9.17, 15) is 5.26 Å². The minimum atomic E-state index is 0.466. The maximum absolute atomic E-state index is 9.29. The molecule has 0 saturated heterocycles. The van der Waals surface area contributed by atoms with Crippen LogP contribution in [0.4, 0.5) is 0 Å². The summed E-state index contributed by atoms with van der Waals surface area (Å²) < 4.78 is 0. The van der Waals surface area contributed by atoms with Gasteiger partial charge in [-0.3, -0.25) is 4.98 Å². The molecule has 0 aliphatic carbocycles. The van der Waals surface area contributed by atoms with Crippen LogP contribution in [0, 0.1) is 18.3 Å². The lowest BCUT2D eigenvalue weighted by molar-refractivity contribution is 1.32. The number of hydrogen-bond acceptors (Lipinski definition) is 2. The molecule has 1 aromatic heterocycles. The van der Waals surface area contributed by atoms with Crippen LogP contribution in [0.3, 0.4) is 0 Å². The fourth-order valence-electron chi connectivity index (χ4n) is 1.71. The lowest BCUT2D eigenvalue weighted by Crippen LogP contribution is -1.89. The average Bonchev–Trinajstić information content (AvgIpc) is 2.41. The summed E-state index contributed by atoms with van der Waals surface area (Å²) in [6.07, 6.45) is 3.30. The maximum atomic E-state index is 9.29. The Morgan fingerprint density at radius 1 is 1.17 bits per heavy atom. The maximum Gasteiger partial charge on any atom is 0.101 e. The smallest absolute Gasteiger partial charge is 0.101 e. The van der Waals surface area contributed by atoms with Crippen molar-refractivity contribution < 1.29 is 0 Å². The quantitative estimate of drug-likeness (QED) is 0.759. The fraction of sp³-hybridized carbons (Fsp3) is 0.0667. The standard InChI is InChI=1S/C15H11ClN2/c1-11-4-2-3-5-13(11)15(16)14(10-17)12-6-8-18-9-7-12/h2-9H,1H3/b15-14+. The highest BCUT2D eigenvalue weighted by Gasteiger charge is 2.10. The van der Waals surface area contributed by atoms with E-state index in [1.54, 1.807) is 24.5 Å². The Bertz CT molecular complexity index is 624. The zero-order chi connectivity index (χ0) is 13.0. The van der Waals surface area contributed by atoms with Crippen LogP contribution in [0.5, 0.6) is 0 Å². The Labute approximate surface area is 111 Å². The minimum Gasteiger partial charge on any atom is -0.265 e. The molecule has 0 aliphatic rings. The van der Waals surface area contributed by atoms with E-state index in [4.69, 9.17) is 11.6 Å². The summed E-state index contributed by atoms with van der Waals surface area (Å²) in [6.45, 7) is 1.97. The van der Waals surface area contributed by atoms with Crippen LogP contribution >= 0.6 is 11.6 Å². The molecular formula is C15H11ClN2. The third-order valence-electron chi connectivity index (χ3n) is 2.68. The molecule has 3 heteroatoms. The Morgan fingerprint density at radius 3 is 2.44 bits per heavy atom. The molecule has 1 aromatic carbocycles. The number of nitrogens with zero attached hydrogens (tertiary/aromatic N) is 2. The Kier molecular flexibility index (Phi) is 3.76. The molecule has 2 aromatic rings. The van der Waals surface area contributed by atoms with E-state index < -0.39 is 0 Å². The molecule has 18 heavy (non-hydrogen) atoms. The van der Waals surface area contributed by atoms with Gasteiger partial charge in [0.25, 0.3) is 0 Å². The first-order valence-corrected chi connectivity index (χ1v) is 5.88. The summed E-state index contributed by atoms with van der Waals surface area (Å²) in [5, 5.41) is 9.76. The molecule has 0 bridgehead atoms. The van der Waals surface area contributed by atoms with Gasteiger partial charge in [0.05, 0.1) is 10.6 Å². The van der Waals surface area contributed by atoms with Crippen molar-refractivity contribution in [1.29, 1.82) is 5.26 Å². The summed E-state index contributed by atoms with van der Waals surface area (Å²) in [4.78, 5) is 3.94. The highest BCUT2D eigenvalue weighted by atomic mass is 35.5. The molecule has 0 N–H and O–H groups in total. The molecule has 0 saturated carbocycles. The Hall–Kier alpha value is -2.11. The van der Waals surface area contributed by atoms with Gasteiger partial charge >= 0.3 is 0 Å². The number of aryl methyl sites for hydroxylation is 1. The SMILES string of the molecule is Cc1ccccc1/C(Cl)=C(/C#N)c1ccncc1. The molecule has 0 radical (unpaired) electrons. The van der Waals surface area contributed by atoms with E-state index in [-0.39, 0.29) is 0 Å². The highest BCUT2D eigenvalue weighted by Crippen LogP contribution is 2.30. The van der Waals surface area contributed by atoms with Crippen LogP contribution in [0.1, 0.15) is 16.7 Å². The zero-order valence-electron chi connectivity index (χ0n) is 9.89. The number of hydrogen-bond donors (Lipinski definition) is 0. The predicted octanol–water partition coefficient (Wildman–Crippen LogP) is 4.02. The van der Waals surface area contributed by atoms with Crippen molar-refractivity contribution in [3.8, 4) is 6.07 Å². The van der Waals surface area contributed by atoms with Gasteiger partial charge in [-0.1, -0.05) is 35.9 Å². The first-order chi connectivity index (χ1) is 8.74.